The summed E-state index contributed by atoms with van der Waals surface area (Å²) in [6, 6.07) is 9.46. The normalized spacial score (nSPS) is 26.9. The maximum Gasteiger partial charge on any atom is 0.416 e. The van der Waals surface area contributed by atoms with E-state index in [-0.39, 0.29) is 36.0 Å². The summed E-state index contributed by atoms with van der Waals surface area (Å²) < 4.78 is 55.9. The van der Waals surface area contributed by atoms with Gasteiger partial charge >= 0.3 is 12.1 Å². The molecule has 4 aliphatic carbocycles. The number of halogens is 3. The number of nitrogens with one attached hydrogen (secondary N) is 1. The molecule has 0 aromatic heterocycles. The first kappa shape index (κ1) is 28.5. The van der Waals surface area contributed by atoms with Gasteiger partial charge in [-0.1, -0.05) is 18.2 Å². The van der Waals surface area contributed by atoms with Gasteiger partial charge in [-0.05, 0) is 105 Å². The molecule has 9 heteroatoms. The quantitative estimate of drug-likeness (QED) is 0.286. The Labute approximate surface area is 232 Å². The van der Waals surface area contributed by atoms with E-state index in [0.29, 0.717) is 18.3 Å². The minimum atomic E-state index is -4.60. The molecule has 216 valence electrons. The molecular weight excluding hydrogens is 523 g/mol. The lowest BCUT2D eigenvalue weighted by Crippen LogP contribution is -2.57. The molecule has 0 unspecified atom stereocenters. The maximum absolute atomic E-state index is 13.6. The number of hydrogen-bond donors (Lipinski definition) is 1. The van der Waals surface area contributed by atoms with Gasteiger partial charge in [0.1, 0.15) is 12.4 Å². The van der Waals surface area contributed by atoms with E-state index < -0.39 is 29.7 Å². The fraction of sp³-hybridized carbons (Fsp3) is 0.548. The number of carbonyl (C=O) groups is 2. The Morgan fingerprint density at radius 2 is 1.70 bits per heavy atom. The Morgan fingerprint density at radius 1 is 0.975 bits per heavy atom. The van der Waals surface area contributed by atoms with Crippen molar-refractivity contribution in [1.29, 1.82) is 0 Å². The van der Waals surface area contributed by atoms with E-state index in [4.69, 9.17) is 14.2 Å². The molecule has 2 atom stereocenters. The summed E-state index contributed by atoms with van der Waals surface area (Å²) in [7, 11) is 1.47. The molecule has 2 aromatic carbocycles. The highest BCUT2D eigenvalue weighted by Gasteiger charge is 2.61. The van der Waals surface area contributed by atoms with Crippen molar-refractivity contribution in [2.75, 3.05) is 32.2 Å². The van der Waals surface area contributed by atoms with Gasteiger partial charge in [-0.15, -0.1) is 0 Å². The number of carbonyl (C=O) groups excluding carboxylic acids is 2. The Kier molecular flexibility index (Phi) is 7.63. The van der Waals surface area contributed by atoms with Crippen LogP contribution in [0.4, 0.5) is 18.9 Å². The number of aryl methyl sites for hydroxylation is 2. The highest BCUT2D eigenvalue weighted by Crippen LogP contribution is 2.66. The second kappa shape index (κ2) is 10.7. The molecule has 0 saturated heterocycles. The number of esters is 1. The Morgan fingerprint density at radius 3 is 2.35 bits per heavy atom. The van der Waals surface area contributed by atoms with Crippen molar-refractivity contribution in [2.45, 2.75) is 64.0 Å². The van der Waals surface area contributed by atoms with Crippen LogP contribution in [-0.2, 0) is 30.7 Å². The van der Waals surface area contributed by atoms with Crippen molar-refractivity contribution in [3.63, 3.8) is 0 Å². The van der Waals surface area contributed by atoms with Crippen LogP contribution in [0.1, 0.15) is 60.8 Å². The summed E-state index contributed by atoms with van der Waals surface area (Å²) in [6.07, 6.45) is 0.834. The summed E-state index contributed by atoms with van der Waals surface area (Å²) in [5, 5.41) is 2.44. The lowest BCUT2D eigenvalue weighted by atomic mass is 9.43. The largest absolute Gasteiger partial charge is 0.489 e. The SMILES string of the molecule is COCCOc1ccc(C(F)(F)F)cc1NC(=O)COC(=O)C12C[C@@H]3C[C@@H](C1)CC(c1ccc(C)c(C)c1)(C3)C2. The van der Waals surface area contributed by atoms with Crippen molar-refractivity contribution >= 4 is 17.6 Å². The fourth-order valence-electron chi connectivity index (χ4n) is 7.55. The Hall–Kier alpha value is -3.07. The van der Waals surface area contributed by atoms with Gasteiger partial charge < -0.3 is 19.5 Å². The molecule has 6 rings (SSSR count). The van der Waals surface area contributed by atoms with Crippen molar-refractivity contribution in [3.8, 4) is 5.75 Å². The van der Waals surface area contributed by atoms with Crippen molar-refractivity contribution < 1.29 is 37.0 Å². The second-order valence-electron chi connectivity index (χ2n) is 12.0. The molecule has 4 saturated carbocycles. The molecule has 0 aliphatic heterocycles. The summed E-state index contributed by atoms with van der Waals surface area (Å²) in [4.78, 5) is 26.4. The monoisotopic (exact) mass is 559 g/mol. The predicted molar refractivity (Wildman–Crippen MR) is 143 cm³/mol. The number of amides is 1. The molecule has 4 fully saturated rings. The van der Waals surface area contributed by atoms with E-state index in [1.54, 1.807) is 0 Å². The third-order valence-corrected chi connectivity index (χ3v) is 9.07. The number of ether oxygens (including phenoxy) is 3. The maximum atomic E-state index is 13.6. The Bertz CT molecular complexity index is 1280. The molecule has 6 nitrogen and oxygen atoms in total. The van der Waals surface area contributed by atoms with Crippen molar-refractivity contribution in [2.24, 2.45) is 17.3 Å². The average molecular weight is 560 g/mol. The zero-order valence-corrected chi connectivity index (χ0v) is 23.2. The highest BCUT2D eigenvalue weighted by atomic mass is 19.4. The third kappa shape index (κ3) is 5.57. The van der Waals surface area contributed by atoms with Gasteiger partial charge in [0.05, 0.1) is 23.3 Å². The van der Waals surface area contributed by atoms with E-state index in [1.807, 2.05) is 0 Å². The van der Waals surface area contributed by atoms with Crippen molar-refractivity contribution in [3.05, 3.63) is 58.7 Å². The Balaban J connectivity index is 1.29. The molecule has 1 N–H and O–H groups in total. The summed E-state index contributed by atoms with van der Waals surface area (Å²) >= 11 is 0. The van der Waals surface area contributed by atoms with Crippen LogP contribution in [0.25, 0.3) is 0 Å². The molecule has 4 bridgehead atoms. The second-order valence-corrected chi connectivity index (χ2v) is 12.0. The summed E-state index contributed by atoms with van der Waals surface area (Å²) in [6.45, 7) is 3.93. The molecule has 4 aliphatic rings. The number of hydrogen-bond acceptors (Lipinski definition) is 5. The van der Waals surface area contributed by atoms with Crippen LogP contribution < -0.4 is 10.1 Å². The van der Waals surface area contributed by atoms with E-state index >= 15 is 0 Å². The lowest BCUT2D eigenvalue weighted by Gasteiger charge is -2.61. The van der Waals surface area contributed by atoms with Crippen LogP contribution in [0.15, 0.2) is 36.4 Å². The third-order valence-electron chi connectivity index (χ3n) is 9.07. The summed E-state index contributed by atoms with van der Waals surface area (Å²) in [5.74, 6) is -0.174. The van der Waals surface area contributed by atoms with Crippen LogP contribution in [0.5, 0.6) is 5.75 Å². The number of benzene rings is 2. The molecule has 2 aromatic rings. The predicted octanol–water partition coefficient (Wildman–Crippen LogP) is 6.37. The van der Waals surface area contributed by atoms with Gasteiger partial charge in [-0.3, -0.25) is 9.59 Å². The first-order valence-electron chi connectivity index (χ1n) is 13.8. The molecule has 0 heterocycles. The average Bonchev–Trinajstić information content (AvgIpc) is 2.88. The number of methoxy groups -OCH3 is 1. The molecule has 1 amide bonds. The smallest absolute Gasteiger partial charge is 0.416 e. The molecule has 0 radical (unpaired) electrons. The minimum Gasteiger partial charge on any atom is -0.489 e. The van der Waals surface area contributed by atoms with Crippen LogP contribution in [0.3, 0.4) is 0 Å². The lowest BCUT2D eigenvalue weighted by molar-refractivity contribution is -0.175. The van der Waals surface area contributed by atoms with Crippen molar-refractivity contribution in [1.82, 2.24) is 0 Å². The summed E-state index contributed by atoms with van der Waals surface area (Å²) in [5.41, 5.74) is 1.97. The van der Waals surface area contributed by atoms with Gasteiger partial charge in [-0.25, -0.2) is 0 Å². The zero-order chi connectivity index (χ0) is 28.7. The van der Waals surface area contributed by atoms with E-state index in [1.165, 1.54) is 23.8 Å². The van der Waals surface area contributed by atoms with Crippen LogP contribution in [0.2, 0.25) is 0 Å². The molecule has 40 heavy (non-hydrogen) atoms. The van der Waals surface area contributed by atoms with Gasteiger partial charge in [0, 0.05) is 7.11 Å². The van der Waals surface area contributed by atoms with E-state index in [9.17, 15) is 22.8 Å². The van der Waals surface area contributed by atoms with Gasteiger partial charge in [0.2, 0.25) is 0 Å². The number of rotatable bonds is 9. The first-order chi connectivity index (χ1) is 18.9. The van der Waals surface area contributed by atoms with Crippen LogP contribution in [-0.4, -0.2) is 38.8 Å². The highest BCUT2D eigenvalue weighted by molar-refractivity contribution is 5.94. The zero-order valence-electron chi connectivity index (χ0n) is 23.2. The number of anilines is 1. The van der Waals surface area contributed by atoms with Gasteiger partial charge in [-0.2, -0.15) is 13.2 Å². The van der Waals surface area contributed by atoms with Gasteiger partial charge in [0.25, 0.3) is 5.91 Å². The standard InChI is InChI=1S/C31H36F3NO5/c1-19-4-5-23(10-20(19)2)29-13-21-11-22(14-29)16-30(15-21,18-29)28(37)40-17-27(36)35-25-12-24(31(32,33)34)6-7-26(25)39-9-8-38-3/h4-7,10,12,21-22H,8-9,11,13-18H2,1-3H3,(H,35,36)/t21-,22-,29?,30?/m1/s1. The fourth-order valence-corrected chi connectivity index (χ4v) is 7.55. The topological polar surface area (TPSA) is 73.9 Å². The molecule has 0 spiro atoms. The molecular formula is C31H36F3NO5. The van der Waals surface area contributed by atoms with E-state index in [2.05, 4.69) is 37.4 Å². The van der Waals surface area contributed by atoms with Gasteiger partial charge in [0.15, 0.2) is 6.61 Å². The first-order valence-corrected chi connectivity index (χ1v) is 13.8. The van der Waals surface area contributed by atoms with Crippen LogP contribution >= 0.6 is 0 Å². The number of alkyl halides is 3. The van der Waals surface area contributed by atoms with Crippen LogP contribution in [0, 0.1) is 31.1 Å². The minimum absolute atomic E-state index is 0.0705. The van der Waals surface area contributed by atoms with E-state index in [0.717, 1.165) is 50.3 Å².